The predicted octanol–water partition coefficient (Wildman–Crippen LogP) is 2.42. The highest BCUT2D eigenvalue weighted by molar-refractivity contribution is 5.59. The van der Waals surface area contributed by atoms with Crippen molar-refractivity contribution in [1.82, 2.24) is 4.90 Å². The second-order valence-electron chi connectivity index (χ2n) is 4.87. The molecular weight excluding hydrogens is 258 g/mol. The van der Waals surface area contributed by atoms with E-state index in [0.29, 0.717) is 19.2 Å². The lowest BCUT2D eigenvalue weighted by atomic mass is 10.1. The van der Waals surface area contributed by atoms with E-state index in [9.17, 15) is 10.1 Å². The summed E-state index contributed by atoms with van der Waals surface area (Å²) in [7, 11) is 1.68. The van der Waals surface area contributed by atoms with Crippen LogP contribution in [0.15, 0.2) is 18.2 Å². The molecule has 1 unspecified atom stereocenters. The van der Waals surface area contributed by atoms with Crippen LogP contribution in [-0.4, -0.2) is 36.1 Å². The van der Waals surface area contributed by atoms with Crippen molar-refractivity contribution in [3.8, 4) is 0 Å². The first-order valence-electron chi connectivity index (χ1n) is 6.75. The van der Waals surface area contributed by atoms with Crippen LogP contribution in [0.2, 0.25) is 0 Å². The van der Waals surface area contributed by atoms with Crippen molar-refractivity contribution >= 4 is 11.4 Å². The zero-order valence-electron chi connectivity index (χ0n) is 12.3. The quantitative estimate of drug-likeness (QED) is 0.449. The number of nitrogen functional groups attached to an aromatic ring is 1. The molecular formula is C14H23N3O3. The van der Waals surface area contributed by atoms with E-state index in [-0.39, 0.29) is 11.4 Å². The summed E-state index contributed by atoms with van der Waals surface area (Å²) >= 11 is 0. The Morgan fingerprint density at radius 1 is 1.50 bits per heavy atom. The third-order valence-corrected chi connectivity index (χ3v) is 3.47. The van der Waals surface area contributed by atoms with E-state index in [1.54, 1.807) is 19.2 Å². The van der Waals surface area contributed by atoms with Gasteiger partial charge in [-0.25, -0.2) is 0 Å². The predicted molar refractivity (Wildman–Crippen MR) is 79.5 cm³/mol. The van der Waals surface area contributed by atoms with Crippen LogP contribution >= 0.6 is 0 Å². The van der Waals surface area contributed by atoms with Crippen LogP contribution in [-0.2, 0) is 11.3 Å². The first-order valence-corrected chi connectivity index (χ1v) is 6.75. The summed E-state index contributed by atoms with van der Waals surface area (Å²) in [5, 5.41) is 10.7. The number of ether oxygens (including phenoxy) is 1. The van der Waals surface area contributed by atoms with Gasteiger partial charge >= 0.3 is 0 Å². The molecule has 0 saturated heterocycles. The van der Waals surface area contributed by atoms with E-state index in [2.05, 4.69) is 18.7 Å². The molecule has 0 radical (unpaired) electrons. The molecule has 0 heterocycles. The molecule has 0 aliphatic carbocycles. The molecule has 6 heteroatoms. The largest absolute Gasteiger partial charge is 0.393 e. The van der Waals surface area contributed by atoms with Gasteiger partial charge in [0.1, 0.15) is 5.69 Å². The summed E-state index contributed by atoms with van der Waals surface area (Å²) < 4.78 is 5.12. The normalized spacial score (nSPS) is 12.6. The Balaban J connectivity index is 2.82. The highest BCUT2D eigenvalue weighted by atomic mass is 16.6. The second kappa shape index (κ2) is 7.81. The van der Waals surface area contributed by atoms with E-state index in [4.69, 9.17) is 10.5 Å². The van der Waals surface area contributed by atoms with Gasteiger partial charge in [-0.3, -0.25) is 15.0 Å². The van der Waals surface area contributed by atoms with E-state index in [0.717, 1.165) is 18.5 Å². The molecule has 1 rings (SSSR count). The minimum atomic E-state index is -0.462. The third-order valence-electron chi connectivity index (χ3n) is 3.47. The van der Waals surface area contributed by atoms with E-state index >= 15 is 0 Å². The summed E-state index contributed by atoms with van der Waals surface area (Å²) in [4.78, 5) is 12.6. The number of hydrogen-bond donors (Lipinski definition) is 1. The molecule has 6 nitrogen and oxygen atoms in total. The fourth-order valence-corrected chi connectivity index (χ4v) is 2.03. The number of nitro groups is 1. The van der Waals surface area contributed by atoms with Crippen molar-refractivity contribution < 1.29 is 9.66 Å². The number of nitro benzene ring substituents is 1. The molecule has 112 valence electrons. The Hall–Kier alpha value is -1.66. The molecule has 0 spiro atoms. The van der Waals surface area contributed by atoms with Crippen LogP contribution in [0, 0.1) is 10.1 Å². The summed E-state index contributed by atoms with van der Waals surface area (Å²) in [6.45, 7) is 6.48. The average Bonchev–Trinajstić information content (AvgIpc) is 2.42. The van der Waals surface area contributed by atoms with Crippen molar-refractivity contribution in [3.63, 3.8) is 0 Å². The van der Waals surface area contributed by atoms with E-state index in [1.807, 2.05) is 0 Å². The lowest BCUT2D eigenvalue weighted by Crippen LogP contribution is -2.34. The molecule has 0 aromatic heterocycles. The zero-order valence-corrected chi connectivity index (χ0v) is 12.3. The highest BCUT2D eigenvalue weighted by Gasteiger charge is 2.15. The summed E-state index contributed by atoms with van der Waals surface area (Å²) in [5.74, 6) is 0. The van der Waals surface area contributed by atoms with Crippen LogP contribution in [0.1, 0.15) is 25.8 Å². The number of anilines is 1. The first kappa shape index (κ1) is 16.4. The third kappa shape index (κ3) is 4.47. The molecule has 0 bridgehead atoms. The topological polar surface area (TPSA) is 81.6 Å². The highest BCUT2D eigenvalue weighted by Crippen LogP contribution is 2.23. The number of hydrogen-bond acceptors (Lipinski definition) is 5. The lowest BCUT2D eigenvalue weighted by Gasteiger charge is -2.28. The van der Waals surface area contributed by atoms with Gasteiger partial charge in [0.05, 0.1) is 11.5 Å². The van der Waals surface area contributed by atoms with Crippen LogP contribution in [0.4, 0.5) is 11.4 Å². The Labute approximate surface area is 119 Å². The van der Waals surface area contributed by atoms with Gasteiger partial charge in [0, 0.05) is 32.3 Å². The molecule has 1 atom stereocenters. The molecule has 0 aliphatic heterocycles. The molecule has 0 amide bonds. The summed E-state index contributed by atoms with van der Waals surface area (Å²) in [6, 6.07) is 5.33. The Morgan fingerprint density at radius 2 is 2.20 bits per heavy atom. The van der Waals surface area contributed by atoms with Gasteiger partial charge in [0.15, 0.2) is 0 Å². The van der Waals surface area contributed by atoms with Gasteiger partial charge in [0.2, 0.25) is 0 Å². The molecule has 20 heavy (non-hydrogen) atoms. The maximum Gasteiger partial charge on any atom is 0.292 e. The van der Waals surface area contributed by atoms with Crippen LogP contribution < -0.4 is 5.73 Å². The molecule has 0 saturated carbocycles. The number of rotatable bonds is 8. The number of nitrogens with zero attached hydrogens (tertiary/aromatic N) is 2. The second-order valence-corrected chi connectivity index (χ2v) is 4.87. The SMILES string of the molecule is CCC(C)N(CCOC)Cc1ccc([N+](=O)[O-])c(N)c1. The van der Waals surface area contributed by atoms with Gasteiger partial charge in [-0.15, -0.1) is 0 Å². The van der Waals surface area contributed by atoms with Crippen LogP contribution in [0.5, 0.6) is 0 Å². The van der Waals surface area contributed by atoms with E-state index in [1.165, 1.54) is 6.07 Å². The summed E-state index contributed by atoms with van der Waals surface area (Å²) in [6.07, 6.45) is 1.03. The standard InChI is InChI=1S/C14H23N3O3/c1-4-11(2)16(7-8-20-3)10-12-5-6-14(17(18)19)13(15)9-12/h5-6,9,11H,4,7-8,10,15H2,1-3H3. The maximum atomic E-state index is 10.7. The summed E-state index contributed by atoms with van der Waals surface area (Å²) in [5.41, 5.74) is 6.87. The van der Waals surface area contributed by atoms with Crippen molar-refractivity contribution in [1.29, 1.82) is 0 Å². The Kier molecular flexibility index (Phi) is 6.41. The molecule has 1 aromatic rings. The van der Waals surface area contributed by atoms with Crippen molar-refractivity contribution in [2.24, 2.45) is 0 Å². The van der Waals surface area contributed by atoms with Gasteiger partial charge < -0.3 is 10.5 Å². The minimum Gasteiger partial charge on any atom is -0.393 e. The van der Waals surface area contributed by atoms with Gasteiger partial charge in [0.25, 0.3) is 5.69 Å². The fourth-order valence-electron chi connectivity index (χ4n) is 2.03. The maximum absolute atomic E-state index is 10.7. The fraction of sp³-hybridized carbons (Fsp3) is 0.571. The molecule has 0 fully saturated rings. The van der Waals surface area contributed by atoms with Crippen LogP contribution in [0.3, 0.4) is 0 Å². The molecule has 0 aliphatic rings. The van der Waals surface area contributed by atoms with Gasteiger partial charge in [-0.2, -0.15) is 0 Å². The molecule has 2 N–H and O–H groups in total. The van der Waals surface area contributed by atoms with E-state index < -0.39 is 4.92 Å². The van der Waals surface area contributed by atoms with Gasteiger partial charge in [-0.05, 0) is 25.0 Å². The van der Waals surface area contributed by atoms with Crippen LogP contribution in [0.25, 0.3) is 0 Å². The lowest BCUT2D eigenvalue weighted by molar-refractivity contribution is -0.383. The Bertz CT molecular complexity index is 451. The van der Waals surface area contributed by atoms with Crippen molar-refractivity contribution in [2.75, 3.05) is 26.0 Å². The van der Waals surface area contributed by atoms with Crippen molar-refractivity contribution in [3.05, 3.63) is 33.9 Å². The minimum absolute atomic E-state index is 0.0410. The van der Waals surface area contributed by atoms with Crippen molar-refractivity contribution in [2.45, 2.75) is 32.9 Å². The van der Waals surface area contributed by atoms with Gasteiger partial charge in [-0.1, -0.05) is 13.0 Å². The Morgan fingerprint density at radius 3 is 2.70 bits per heavy atom. The number of benzene rings is 1. The molecule has 1 aromatic carbocycles. The first-order chi connectivity index (χ1) is 9.49. The zero-order chi connectivity index (χ0) is 15.1. The number of nitrogens with two attached hydrogens (primary N) is 1. The monoisotopic (exact) mass is 281 g/mol. The average molecular weight is 281 g/mol. The number of methoxy groups -OCH3 is 1. The smallest absolute Gasteiger partial charge is 0.292 e.